The van der Waals surface area contributed by atoms with Crippen molar-refractivity contribution in [3.8, 4) is 0 Å². The Morgan fingerprint density at radius 2 is 2.06 bits per heavy atom. The third-order valence-corrected chi connectivity index (χ3v) is 2.65. The maximum absolute atomic E-state index is 11.8. The summed E-state index contributed by atoms with van der Waals surface area (Å²) in [6, 6.07) is 8.09. The lowest BCUT2D eigenvalue weighted by Crippen LogP contribution is -2.01. The topological polar surface area (TPSA) is 17.1 Å². The fraction of sp³-hybridized carbons (Fsp3) is 0.533. The number of unbranched alkanes of at least 4 members (excludes halogenated alkanes) is 1. The first-order valence-corrected chi connectivity index (χ1v) is 6.25. The van der Waals surface area contributed by atoms with E-state index < -0.39 is 0 Å². The number of Topliss-reactive ketones (excluding diaryl/α,β-unsaturated/α-hetero) is 1. The SMILES string of the molecule is CCCCC(=O)c1cccc(CC(C)C)c1. The van der Waals surface area contributed by atoms with Gasteiger partial charge in [-0.1, -0.05) is 45.4 Å². The molecule has 1 rings (SSSR count). The molecule has 1 heteroatoms. The Kier molecular flexibility index (Phi) is 5.24. The Labute approximate surface area is 98.9 Å². The molecule has 1 aromatic carbocycles. The van der Waals surface area contributed by atoms with Gasteiger partial charge in [0.2, 0.25) is 0 Å². The first-order valence-electron chi connectivity index (χ1n) is 6.25. The summed E-state index contributed by atoms with van der Waals surface area (Å²) in [5.41, 5.74) is 2.16. The van der Waals surface area contributed by atoms with Gasteiger partial charge in [0.25, 0.3) is 0 Å². The van der Waals surface area contributed by atoms with Crippen LogP contribution < -0.4 is 0 Å². The van der Waals surface area contributed by atoms with Crippen molar-refractivity contribution in [1.82, 2.24) is 0 Å². The second-order valence-corrected chi connectivity index (χ2v) is 4.83. The second kappa shape index (κ2) is 6.47. The van der Waals surface area contributed by atoms with Crippen molar-refractivity contribution in [3.05, 3.63) is 35.4 Å². The first-order chi connectivity index (χ1) is 7.63. The lowest BCUT2D eigenvalue weighted by Gasteiger charge is -2.06. The highest BCUT2D eigenvalue weighted by Gasteiger charge is 2.06. The van der Waals surface area contributed by atoms with Crippen molar-refractivity contribution in [2.45, 2.75) is 46.5 Å². The molecule has 0 bridgehead atoms. The maximum atomic E-state index is 11.8. The van der Waals surface area contributed by atoms with Crippen molar-refractivity contribution in [2.24, 2.45) is 5.92 Å². The molecule has 0 aliphatic rings. The molecule has 1 nitrogen and oxygen atoms in total. The van der Waals surface area contributed by atoms with E-state index in [9.17, 15) is 4.79 Å². The van der Waals surface area contributed by atoms with Gasteiger partial charge < -0.3 is 0 Å². The van der Waals surface area contributed by atoms with Crippen molar-refractivity contribution in [2.75, 3.05) is 0 Å². The van der Waals surface area contributed by atoms with E-state index in [0.717, 1.165) is 24.8 Å². The average molecular weight is 218 g/mol. The van der Waals surface area contributed by atoms with Crippen LogP contribution in [0.3, 0.4) is 0 Å². The number of rotatable bonds is 6. The number of hydrogen-bond donors (Lipinski definition) is 0. The molecule has 0 unspecified atom stereocenters. The van der Waals surface area contributed by atoms with Gasteiger partial charge in [0, 0.05) is 12.0 Å². The maximum Gasteiger partial charge on any atom is 0.162 e. The molecule has 0 amide bonds. The monoisotopic (exact) mass is 218 g/mol. The zero-order chi connectivity index (χ0) is 12.0. The lowest BCUT2D eigenvalue weighted by atomic mass is 9.98. The minimum atomic E-state index is 0.285. The Balaban J connectivity index is 2.69. The molecule has 0 N–H and O–H groups in total. The fourth-order valence-electron chi connectivity index (χ4n) is 1.82. The Hall–Kier alpha value is -1.11. The highest BCUT2D eigenvalue weighted by molar-refractivity contribution is 5.96. The fourth-order valence-corrected chi connectivity index (χ4v) is 1.82. The van der Waals surface area contributed by atoms with Crippen molar-refractivity contribution in [1.29, 1.82) is 0 Å². The van der Waals surface area contributed by atoms with Gasteiger partial charge in [-0.05, 0) is 30.4 Å². The third-order valence-electron chi connectivity index (χ3n) is 2.65. The van der Waals surface area contributed by atoms with Gasteiger partial charge in [-0.25, -0.2) is 0 Å². The van der Waals surface area contributed by atoms with Crippen LogP contribution >= 0.6 is 0 Å². The molecule has 0 aliphatic carbocycles. The largest absolute Gasteiger partial charge is 0.294 e. The number of carbonyl (C=O) groups excluding carboxylic acids is 1. The van der Waals surface area contributed by atoms with Gasteiger partial charge in [-0.2, -0.15) is 0 Å². The van der Waals surface area contributed by atoms with Gasteiger partial charge in [-0.15, -0.1) is 0 Å². The molecular weight excluding hydrogens is 196 g/mol. The van der Waals surface area contributed by atoms with Crippen LogP contribution in [-0.4, -0.2) is 5.78 Å². The van der Waals surface area contributed by atoms with Gasteiger partial charge in [0.15, 0.2) is 5.78 Å². The van der Waals surface area contributed by atoms with E-state index >= 15 is 0 Å². The lowest BCUT2D eigenvalue weighted by molar-refractivity contribution is 0.0979. The summed E-state index contributed by atoms with van der Waals surface area (Å²) >= 11 is 0. The average Bonchev–Trinajstić information content (AvgIpc) is 2.25. The predicted octanol–water partition coefficient (Wildman–Crippen LogP) is 4.26. The molecule has 0 heterocycles. The van der Waals surface area contributed by atoms with Crippen molar-refractivity contribution in [3.63, 3.8) is 0 Å². The zero-order valence-electron chi connectivity index (χ0n) is 10.6. The van der Waals surface area contributed by atoms with Crippen LogP contribution in [0.1, 0.15) is 56.0 Å². The van der Waals surface area contributed by atoms with E-state index in [-0.39, 0.29) is 5.78 Å². The van der Waals surface area contributed by atoms with Crippen LogP contribution in [0.15, 0.2) is 24.3 Å². The van der Waals surface area contributed by atoms with Gasteiger partial charge in [0.1, 0.15) is 0 Å². The highest BCUT2D eigenvalue weighted by atomic mass is 16.1. The molecule has 0 fully saturated rings. The quantitative estimate of drug-likeness (QED) is 0.652. The number of ketones is 1. The van der Waals surface area contributed by atoms with Crippen LogP contribution in [-0.2, 0) is 6.42 Å². The summed E-state index contributed by atoms with van der Waals surface area (Å²) in [5.74, 6) is 0.924. The Morgan fingerprint density at radius 1 is 1.31 bits per heavy atom. The second-order valence-electron chi connectivity index (χ2n) is 4.83. The van der Waals surface area contributed by atoms with E-state index in [4.69, 9.17) is 0 Å². The van der Waals surface area contributed by atoms with Crippen molar-refractivity contribution >= 4 is 5.78 Å². The van der Waals surface area contributed by atoms with E-state index in [1.807, 2.05) is 12.1 Å². The molecule has 88 valence electrons. The predicted molar refractivity (Wildman–Crippen MR) is 68.8 cm³/mol. The van der Waals surface area contributed by atoms with Crippen molar-refractivity contribution < 1.29 is 4.79 Å². The molecule has 0 atom stereocenters. The molecule has 0 aliphatic heterocycles. The van der Waals surface area contributed by atoms with Crippen LogP contribution in [0.25, 0.3) is 0 Å². The standard InChI is InChI=1S/C15H22O/c1-4-5-9-15(16)14-8-6-7-13(11-14)10-12(2)3/h6-8,11-12H,4-5,9-10H2,1-3H3. The number of benzene rings is 1. The summed E-state index contributed by atoms with van der Waals surface area (Å²) in [4.78, 5) is 11.8. The third kappa shape index (κ3) is 4.18. The smallest absolute Gasteiger partial charge is 0.162 e. The summed E-state index contributed by atoms with van der Waals surface area (Å²) < 4.78 is 0. The number of carbonyl (C=O) groups is 1. The zero-order valence-corrected chi connectivity index (χ0v) is 10.6. The number of hydrogen-bond acceptors (Lipinski definition) is 1. The molecule has 0 radical (unpaired) electrons. The van der Waals surface area contributed by atoms with E-state index in [1.54, 1.807) is 0 Å². The molecule has 0 aromatic heterocycles. The van der Waals surface area contributed by atoms with Gasteiger partial charge >= 0.3 is 0 Å². The summed E-state index contributed by atoms with van der Waals surface area (Å²) in [6.07, 6.45) is 3.81. The first kappa shape index (κ1) is 13.0. The van der Waals surface area contributed by atoms with Crippen LogP contribution in [0.5, 0.6) is 0 Å². The highest BCUT2D eigenvalue weighted by Crippen LogP contribution is 2.13. The summed E-state index contributed by atoms with van der Waals surface area (Å²) in [7, 11) is 0. The minimum absolute atomic E-state index is 0.285. The van der Waals surface area contributed by atoms with Gasteiger partial charge in [-0.3, -0.25) is 4.79 Å². The van der Waals surface area contributed by atoms with E-state index in [0.29, 0.717) is 12.3 Å². The molecule has 0 spiro atoms. The summed E-state index contributed by atoms with van der Waals surface area (Å²) in [6.45, 7) is 6.51. The van der Waals surface area contributed by atoms with Crippen LogP contribution in [0.4, 0.5) is 0 Å². The van der Waals surface area contributed by atoms with E-state index in [1.165, 1.54) is 5.56 Å². The molecule has 1 aromatic rings. The molecular formula is C15H22O. The summed E-state index contributed by atoms with van der Waals surface area (Å²) in [5, 5.41) is 0. The normalized spacial score (nSPS) is 10.8. The van der Waals surface area contributed by atoms with Gasteiger partial charge in [0.05, 0.1) is 0 Å². The molecule has 0 saturated carbocycles. The molecule has 16 heavy (non-hydrogen) atoms. The van der Waals surface area contributed by atoms with E-state index in [2.05, 4.69) is 32.9 Å². The van der Waals surface area contributed by atoms with Crippen LogP contribution in [0, 0.1) is 5.92 Å². The Bertz CT molecular complexity index is 339. The Morgan fingerprint density at radius 3 is 2.69 bits per heavy atom. The van der Waals surface area contributed by atoms with Crippen LogP contribution in [0.2, 0.25) is 0 Å². The molecule has 0 saturated heterocycles. The minimum Gasteiger partial charge on any atom is -0.294 e.